The number of nitrogens with one attached hydrogen (secondary N) is 1. The second-order valence-corrected chi connectivity index (χ2v) is 6.59. The highest BCUT2D eigenvalue weighted by Gasteiger charge is 2.22. The maximum atomic E-state index is 11.5. The second kappa shape index (κ2) is 7.52. The number of hydrogen-bond donors (Lipinski definition) is 2. The van der Waals surface area contributed by atoms with Crippen LogP contribution in [-0.2, 0) is 6.42 Å². The predicted molar refractivity (Wildman–Crippen MR) is 106 cm³/mol. The average Bonchev–Trinajstić information content (AvgIpc) is 3.11. The Morgan fingerprint density at radius 3 is 2.68 bits per heavy atom. The van der Waals surface area contributed by atoms with E-state index in [9.17, 15) is 9.90 Å². The summed E-state index contributed by atoms with van der Waals surface area (Å²) in [6.07, 6.45) is -0.654. The first-order valence-corrected chi connectivity index (χ1v) is 8.97. The Morgan fingerprint density at radius 2 is 1.86 bits per heavy atom. The number of benzene rings is 2. The van der Waals surface area contributed by atoms with E-state index in [0.29, 0.717) is 17.7 Å². The summed E-state index contributed by atoms with van der Waals surface area (Å²) < 4.78 is 5.45. The monoisotopic (exact) mass is 373 g/mol. The number of carbonyl (C=O) groups is 1. The lowest BCUT2D eigenvalue weighted by molar-refractivity contribution is 0.190. The molecule has 6 heteroatoms. The van der Waals surface area contributed by atoms with Crippen molar-refractivity contribution in [3.05, 3.63) is 83.7 Å². The van der Waals surface area contributed by atoms with Gasteiger partial charge in [0.1, 0.15) is 5.69 Å². The molecule has 0 aliphatic rings. The molecule has 2 aromatic heterocycles. The van der Waals surface area contributed by atoms with E-state index in [2.05, 4.69) is 15.5 Å². The fourth-order valence-electron chi connectivity index (χ4n) is 3.41. The van der Waals surface area contributed by atoms with Gasteiger partial charge in [-0.1, -0.05) is 47.6 Å². The summed E-state index contributed by atoms with van der Waals surface area (Å²) >= 11 is 0. The van der Waals surface area contributed by atoms with E-state index in [-0.39, 0.29) is 0 Å². The predicted octanol–water partition coefficient (Wildman–Crippen LogP) is 4.75. The Labute approximate surface area is 161 Å². The van der Waals surface area contributed by atoms with E-state index in [1.54, 1.807) is 0 Å². The molecule has 0 spiro atoms. The lowest BCUT2D eigenvalue weighted by Crippen LogP contribution is -2.29. The summed E-state index contributed by atoms with van der Waals surface area (Å²) in [5.74, 6) is 0. The van der Waals surface area contributed by atoms with Gasteiger partial charge in [0.2, 0.25) is 0 Å². The van der Waals surface area contributed by atoms with Crippen molar-refractivity contribution in [2.24, 2.45) is 0 Å². The van der Waals surface area contributed by atoms with Crippen LogP contribution in [0.1, 0.15) is 23.0 Å². The first kappa shape index (κ1) is 17.7. The summed E-state index contributed by atoms with van der Waals surface area (Å²) in [5.41, 5.74) is 4.75. The van der Waals surface area contributed by atoms with E-state index >= 15 is 0 Å². The zero-order valence-corrected chi connectivity index (χ0v) is 15.3. The van der Waals surface area contributed by atoms with Crippen molar-refractivity contribution < 1.29 is 14.4 Å². The standard InChI is InChI=1S/C22H19N3O3/c1-14-7-6-8-15(23-14)13-19(24-22(26)27)16-9-2-3-10-17(16)21-18-11-4-5-12-20(18)28-25-21/h2-12,19,24H,13H2,1H3,(H,26,27)/t19-/m0/s1. The minimum absolute atomic E-state index is 0.431. The van der Waals surface area contributed by atoms with Crippen LogP contribution in [0.5, 0.6) is 0 Å². The highest BCUT2D eigenvalue weighted by Crippen LogP contribution is 2.33. The van der Waals surface area contributed by atoms with Crippen molar-refractivity contribution in [1.29, 1.82) is 0 Å². The molecule has 1 amide bonds. The number of aryl methyl sites for hydroxylation is 1. The molecule has 0 radical (unpaired) electrons. The van der Waals surface area contributed by atoms with Gasteiger partial charge in [-0.05, 0) is 36.8 Å². The number of fused-ring (bicyclic) bond motifs is 1. The number of nitrogens with zero attached hydrogens (tertiary/aromatic N) is 2. The normalized spacial score (nSPS) is 12.0. The Kier molecular flexibility index (Phi) is 4.76. The number of pyridine rings is 1. The first-order chi connectivity index (χ1) is 13.6. The lowest BCUT2D eigenvalue weighted by atomic mass is 9.93. The molecule has 140 valence electrons. The largest absolute Gasteiger partial charge is 0.465 e. The highest BCUT2D eigenvalue weighted by molar-refractivity contribution is 5.92. The Morgan fingerprint density at radius 1 is 1.07 bits per heavy atom. The number of aromatic nitrogens is 2. The van der Waals surface area contributed by atoms with Gasteiger partial charge in [0, 0.05) is 28.8 Å². The molecule has 0 saturated carbocycles. The van der Waals surface area contributed by atoms with Gasteiger partial charge >= 0.3 is 6.09 Å². The molecule has 0 unspecified atom stereocenters. The van der Waals surface area contributed by atoms with Gasteiger partial charge in [-0.3, -0.25) is 4.98 Å². The smallest absolute Gasteiger partial charge is 0.405 e. The molecule has 0 fully saturated rings. The van der Waals surface area contributed by atoms with Crippen LogP contribution in [0.4, 0.5) is 4.79 Å². The van der Waals surface area contributed by atoms with E-state index in [0.717, 1.165) is 27.9 Å². The Bertz CT molecular complexity index is 1140. The van der Waals surface area contributed by atoms with Crippen LogP contribution in [0.15, 0.2) is 71.3 Å². The van der Waals surface area contributed by atoms with Crippen LogP contribution < -0.4 is 5.32 Å². The maximum absolute atomic E-state index is 11.5. The minimum atomic E-state index is -1.09. The molecule has 2 aromatic carbocycles. The SMILES string of the molecule is Cc1cccc(C[C@H](NC(=O)O)c2ccccc2-c2noc3ccccc23)n1. The summed E-state index contributed by atoms with van der Waals surface area (Å²) in [4.78, 5) is 16.0. The first-order valence-electron chi connectivity index (χ1n) is 8.97. The molecule has 0 aliphatic carbocycles. The van der Waals surface area contributed by atoms with Gasteiger partial charge in [-0.15, -0.1) is 0 Å². The zero-order valence-electron chi connectivity index (χ0n) is 15.3. The Balaban J connectivity index is 1.80. The van der Waals surface area contributed by atoms with Crippen LogP contribution in [0.2, 0.25) is 0 Å². The van der Waals surface area contributed by atoms with Crippen LogP contribution in [-0.4, -0.2) is 21.3 Å². The van der Waals surface area contributed by atoms with E-state index < -0.39 is 12.1 Å². The topological polar surface area (TPSA) is 88.2 Å². The summed E-state index contributed by atoms with van der Waals surface area (Å²) in [5, 5.41) is 17.2. The number of para-hydroxylation sites is 1. The molecule has 4 rings (SSSR count). The third-order valence-corrected chi connectivity index (χ3v) is 4.63. The molecule has 0 aliphatic heterocycles. The molecule has 2 N–H and O–H groups in total. The van der Waals surface area contributed by atoms with Crippen LogP contribution in [0, 0.1) is 6.92 Å². The van der Waals surface area contributed by atoms with Gasteiger partial charge in [0.15, 0.2) is 5.58 Å². The quantitative estimate of drug-likeness (QED) is 0.527. The summed E-state index contributed by atoms with van der Waals surface area (Å²) in [6, 6.07) is 20.5. The molecular weight excluding hydrogens is 354 g/mol. The van der Waals surface area contributed by atoms with E-state index in [4.69, 9.17) is 4.52 Å². The average molecular weight is 373 g/mol. The van der Waals surface area contributed by atoms with Gasteiger partial charge < -0.3 is 14.9 Å². The second-order valence-electron chi connectivity index (χ2n) is 6.59. The molecule has 0 saturated heterocycles. The number of rotatable bonds is 5. The summed E-state index contributed by atoms with van der Waals surface area (Å²) in [6.45, 7) is 1.92. The van der Waals surface area contributed by atoms with Crippen molar-refractivity contribution in [2.75, 3.05) is 0 Å². The fourth-order valence-corrected chi connectivity index (χ4v) is 3.41. The number of amides is 1. The number of hydrogen-bond acceptors (Lipinski definition) is 4. The molecule has 28 heavy (non-hydrogen) atoms. The van der Waals surface area contributed by atoms with E-state index in [1.807, 2.05) is 73.7 Å². The molecule has 2 heterocycles. The minimum Gasteiger partial charge on any atom is -0.465 e. The molecular formula is C22H19N3O3. The molecule has 0 bridgehead atoms. The maximum Gasteiger partial charge on any atom is 0.405 e. The van der Waals surface area contributed by atoms with Crippen molar-refractivity contribution >= 4 is 17.1 Å². The zero-order chi connectivity index (χ0) is 19.5. The van der Waals surface area contributed by atoms with Crippen LogP contribution in [0.3, 0.4) is 0 Å². The van der Waals surface area contributed by atoms with Crippen molar-refractivity contribution in [2.45, 2.75) is 19.4 Å². The van der Waals surface area contributed by atoms with Crippen LogP contribution >= 0.6 is 0 Å². The molecule has 1 atom stereocenters. The fraction of sp³-hybridized carbons (Fsp3) is 0.136. The van der Waals surface area contributed by atoms with Crippen molar-refractivity contribution in [3.8, 4) is 11.3 Å². The lowest BCUT2D eigenvalue weighted by Gasteiger charge is -2.20. The highest BCUT2D eigenvalue weighted by atomic mass is 16.5. The van der Waals surface area contributed by atoms with Gasteiger partial charge in [0.05, 0.1) is 6.04 Å². The third-order valence-electron chi connectivity index (χ3n) is 4.63. The van der Waals surface area contributed by atoms with Crippen molar-refractivity contribution in [3.63, 3.8) is 0 Å². The summed E-state index contributed by atoms with van der Waals surface area (Å²) in [7, 11) is 0. The van der Waals surface area contributed by atoms with Crippen molar-refractivity contribution in [1.82, 2.24) is 15.5 Å². The molecule has 6 nitrogen and oxygen atoms in total. The van der Waals surface area contributed by atoms with E-state index in [1.165, 1.54) is 0 Å². The third kappa shape index (κ3) is 3.57. The van der Waals surface area contributed by atoms with Gasteiger partial charge in [-0.25, -0.2) is 4.79 Å². The number of carboxylic acid groups (broad SMARTS) is 1. The van der Waals surface area contributed by atoms with Gasteiger partial charge in [0.25, 0.3) is 0 Å². The van der Waals surface area contributed by atoms with Gasteiger partial charge in [-0.2, -0.15) is 0 Å². The van der Waals surface area contributed by atoms with Crippen LogP contribution in [0.25, 0.3) is 22.2 Å². The Hall–Kier alpha value is -3.67. The molecule has 4 aromatic rings.